The third kappa shape index (κ3) is 8.78. The largest absolute Gasteiger partial charge is 0.417 e. The van der Waals surface area contributed by atoms with Gasteiger partial charge in [0.15, 0.2) is 0 Å². The summed E-state index contributed by atoms with van der Waals surface area (Å²) in [5.41, 5.74) is -3.16. The van der Waals surface area contributed by atoms with Crippen LogP contribution in [-0.4, -0.2) is 57.2 Å². The second-order valence-electron chi connectivity index (χ2n) is 10.3. The SMILES string of the molecule is C[C@H](O)[C@@H](Nc1ccc(C#N)c(C(F)(F)F)c1)C(=O)N(NC(=O)c1ccccc1)C(=O)[C@H](Nc1ccc(C#N)c(C(F)(F)F)c1)[C@H](C)O. The zero-order chi connectivity index (χ0) is 36.0. The molecule has 0 bridgehead atoms. The average Bonchev–Trinajstić information content (AvgIpc) is 3.03. The van der Waals surface area contributed by atoms with Crippen LogP contribution in [0.2, 0.25) is 0 Å². The number of nitrogens with one attached hydrogen (secondary N) is 3. The number of hydrogen-bond acceptors (Lipinski definition) is 9. The Kier molecular flexibility index (Phi) is 11.4. The first kappa shape index (κ1) is 36.8. The molecule has 0 aliphatic rings. The van der Waals surface area contributed by atoms with Crippen LogP contribution in [0.5, 0.6) is 0 Å². The van der Waals surface area contributed by atoms with E-state index in [1.165, 1.54) is 36.4 Å². The molecule has 0 saturated carbocycles. The zero-order valence-corrected chi connectivity index (χ0v) is 24.9. The molecule has 3 aromatic carbocycles. The molecule has 0 radical (unpaired) electrons. The van der Waals surface area contributed by atoms with E-state index in [0.29, 0.717) is 12.1 Å². The molecular weight excluding hydrogens is 650 g/mol. The summed E-state index contributed by atoms with van der Waals surface area (Å²) >= 11 is 0. The van der Waals surface area contributed by atoms with E-state index in [9.17, 15) is 50.9 Å². The molecule has 5 N–H and O–H groups in total. The maximum absolute atomic E-state index is 13.9. The highest BCUT2D eigenvalue weighted by molar-refractivity contribution is 6.05. The van der Waals surface area contributed by atoms with Gasteiger partial charge >= 0.3 is 12.4 Å². The number of hydrazine groups is 1. The van der Waals surface area contributed by atoms with Gasteiger partial charge in [-0.25, -0.2) is 0 Å². The smallest absolute Gasteiger partial charge is 0.391 e. The molecule has 17 heteroatoms. The highest BCUT2D eigenvalue weighted by Gasteiger charge is 2.40. The number of nitriles is 2. The molecule has 252 valence electrons. The Morgan fingerprint density at radius 3 is 1.44 bits per heavy atom. The van der Waals surface area contributed by atoms with Crippen molar-refractivity contribution in [1.29, 1.82) is 10.5 Å². The maximum Gasteiger partial charge on any atom is 0.417 e. The fourth-order valence-corrected chi connectivity index (χ4v) is 4.32. The number of imide groups is 1. The van der Waals surface area contributed by atoms with Gasteiger partial charge in [-0.15, -0.1) is 0 Å². The molecule has 0 saturated heterocycles. The van der Waals surface area contributed by atoms with Gasteiger partial charge in [-0.2, -0.15) is 41.9 Å². The molecule has 3 amide bonds. The van der Waals surface area contributed by atoms with Crippen LogP contribution in [0.4, 0.5) is 37.7 Å². The summed E-state index contributed by atoms with van der Waals surface area (Å²) in [6, 6.07) is 10.4. The second kappa shape index (κ2) is 14.8. The number of rotatable bonds is 9. The summed E-state index contributed by atoms with van der Waals surface area (Å²) in [6.45, 7) is 2.07. The number of hydrogen-bond donors (Lipinski definition) is 5. The van der Waals surface area contributed by atoms with E-state index in [1.807, 2.05) is 5.43 Å². The van der Waals surface area contributed by atoms with Crippen LogP contribution in [0.15, 0.2) is 66.7 Å². The van der Waals surface area contributed by atoms with E-state index in [1.54, 1.807) is 6.07 Å². The topological polar surface area (TPSA) is 179 Å². The van der Waals surface area contributed by atoms with Crippen molar-refractivity contribution in [3.05, 3.63) is 94.5 Å². The fraction of sp³-hybridized carbons (Fsp3) is 0.258. The number of aliphatic hydroxyl groups is 2. The van der Waals surface area contributed by atoms with Crippen LogP contribution in [0.1, 0.15) is 46.5 Å². The summed E-state index contributed by atoms with van der Waals surface area (Å²) < 4.78 is 81.5. The summed E-state index contributed by atoms with van der Waals surface area (Å²) in [6.07, 6.45) is -13.5. The number of alkyl halides is 6. The number of nitrogens with zero attached hydrogens (tertiary/aromatic N) is 3. The van der Waals surface area contributed by atoms with E-state index in [4.69, 9.17) is 10.5 Å². The predicted octanol–water partition coefficient (Wildman–Crippen LogP) is 4.19. The van der Waals surface area contributed by atoms with Gasteiger partial charge in [-0.3, -0.25) is 19.8 Å². The van der Waals surface area contributed by atoms with Gasteiger partial charge in [0, 0.05) is 16.9 Å². The summed E-state index contributed by atoms with van der Waals surface area (Å²) in [5.74, 6) is -3.98. The number of anilines is 2. The van der Waals surface area contributed by atoms with Crippen molar-refractivity contribution < 1.29 is 50.9 Å². The molecule has 0 aliphatic carbocycles. The molecule has 3 aromatic rings. The Hall–Kier alpha value is -5.65. The molecule has 0 fully saturated rings. The number of carbonyl (C=O) groups excluding carboxylic acids is 3. The highest BCUT2D eigenvalue weighted by atomic mass is 19.4. The lowest BCUT2D eigenvalue weighted by Gasteiger charge is -2.32. The van der Waals surface area contributed by atoms with E-state index >= 15 is 0 Å². The second-order valence-corrected chi connectivity index (χ2v) is 10.3. The highest BCUT2D eigenvalue weighted by Crippen LogP contribution is 2.35. The monoisotopic (exact) mass is 676 g/mol. The summed E-state index contributed by atoms with van der Waals surface area (Å²) in [5, 5.41) is 43.9. The van der Waals surface area contributed by atoms with Crippen molar-refractivity contribution >= 4 is 29.1 Å². The molecule has 4 atom stereocenters. The van der Waals surface area contributed by atoms with Gasteiger partial charge in [0.25, 0.3) is 17.7 Å². The molecule has 11 nitrogen and oxygen atoms in total. The summed E-state index contributed by atoms with van der Waals surface area (Å²) in [7, 11) is 0. The molecule has 3 rings (SSSR count). The van der Waals surface area contributed by atoms with Crippen LogP contribution in [0.25, 0.3) is 0 Å². The lowest BCUT2D eigenvalue weighted by Crippen LogP contribution is -2.61. The van der Waals surface area contributed by atoms with Crippen LogP contribution in [-0.2, 0) is 21.9 Å². The van der Waals surface area contributed by atoms with Gasteiger partial charge < -0.3 is 20.8 Å². The Morgan fingerprint density at radius 2 is 1.10 bits per heavy atom. The third-order valence-corrected chi connectivity index (χ3v) is 6.72. The summed E-state index contributed by atoms with van der Waals surface area (Å²) in [4.78, 5) is 40.8. The molecule has 0 spiro atoms. The van der Waals surface area contributed by atoms with Gasteiger partial charge in [0.1, 0.15) is 12.1 Å². The van der Waals surface area contributed by atoms with Gasteiger partial charge in [-0.05, 0) is 62.4 Å². The number of carbonyl (C=O) groups is 3. The van der Waals surface area contributed by atoms with E-state index < -0.39 is 88.0 Å². The predicted molar refractivity (Wildman–Crippen MR) is 156 cm³/mol. The van der Waals surface area contributed by atoms with Crippen LogP contribution < -0.4 is 16.1 Å². The zero-order valence-electron chi connectivity index (χ0n) is 24.9. The van der Waals surface area contributed by atoms with E-state index in [2.05, 4.69) is 10.6 Å². The lowest BCUT2D eigenvalue weighted by molar-refractivity contribution is -0.151. The number of amides is 3. The lowest BCUT2D eigenvalue weighted by atomic mass is 10.0. The van der Waals surface area contributed by atoms with Crippen molar-refractivity contribution in [3.63, 3.8) is 0 Å². The quantitative estimate of drug-likeness (QED) is 0.164. The van der Waals surface area contributed by atoms with Crippen molar-refractivity contribution in [1.82, 2.24) is 10.4 Å². The Morgan fingerprint density at radius 1 is 0.708 bits per heavy atom. The normalized spacial score (nSPS) is 13.9. The van der Waals surface area contributed by atoms with Crippen molar-refractivity contribution in [3.8, 4) is 12.1 Å². The van der Waals surface area contributed by atoms with Crippen LogP contribution >= 0.6 is 0 Å². The van der Waals surface area contributed by atoms with Gasteiger partial charge in [-0.1, -0.05) is 18.2 Å². The Balaban J connectivity index is 2.07. The van der Waals surface area contributed by atoms with Crippen LogP contribution in [0, 0.1) is 22.7 Å². The molecule has 0 aromatic heterocycles. The van der Waals surface area contributed by atoms with E-state index in [-0.39, 0.29) is 10.6 Å². The molecule has 0 unspecified atom stereocenters. The molecule has 48 heavy (non-hydrogen) atoms. The van der Waals surface area contributed by atoms with E-state index in [0.717, 1.165) is 38.1 Å². The molecule has 0 heterocycles. The standard InChI is InChI=1S/C31H26F6N6O5/c1-16(44)25(40-21-10-8-19(14-38)23(12-21)30(32,33)34)28(47)43(42-27(46)18-6-4-3-5-7-18)29(48)26(17(2)45)41-22-11-9-20(15-39)24(13-22)31(35,36)37/h3-13,16-17,25-26,40-41,44-45H,1-2H3,(H,42,46)/t16-,17-,25+,26+/m0/s1. The first-order valence-electron chi connectivity index (χ1n) is 13.7. The minimum atomic E-state index is -4.99. The average molecular weight is 677 g/mol. The molecule has 0 aliphatic heterocycles. The van der Waals surface area contributed by atoms with Gasteiger partial charge in [0.05, 0.1) is 46.6 Å². The maximum atomic E-state index is 13.9. The minimum absolute atomic E-state index is 0.0622. The molecular formula is C31H26F6N6O5. The fourth-order valence-electron chi connectivity index (χ4n) is 4.32. The number of aliphatic hydroxyl groups excluding tert-OH is 2. The first-order chi connectivity index (χ1) is 22.4. The van der Waals surface area contributed by atoms with Crippen molar-refractivity contribution in [2.45, 2.75) is 50.5 Å². The van der Waals surface area contributed by atoms with Crippen LogP contribution in [0.3, 0.4) is 0 Å². The first-order valence-corrected chi connectivity index (χ1v) is 13.7. The van der Waals surface area contributed by atoms with Crippen molar-refractivity contribution in [2.75, 3.05) is 10.6 Å². The number of benzene rings is 3. The minimum Gasteiger partial charge on any atom is -0.391 e. The number of halogens is 6. The third-order valence-electron chi connectivity index (χ3n) is 6.72. The van der Waals surface area contributed by atoms with Crippen molar-refractivity contribution in [2.24, 2.45) is 0 Å². The Bertz CT molecular complexity index is 1650. The van der Waals surface area contributed by atoms with Gasteiger partial charge in [0.2, 0.25) is 0 Å². The Labute approximate surface area is 269 Å².